The van der Waals surface area contributed by atoms with Gasteiger partial charge in [-0.05, 0) is 26.2 Å². The molecule has 7 heteroatoms. The number of nitrogens with one attached hydrogen (secondary N) is 1. The Labute approximate surface area is 124 Å². The van der Waals surface area contributed by atoms with Gasteiger partial charge >= 0.3 is 11.9 Å². The number of carboxylic acids is 2. The second-order valence-electron chi connectivity index (χ2n) is 5.50. The molecule has 1 aliphatic heterocycles. The Morgan fingerprint density at radius 2 is 2.00 bits per heavy atom. The third kappa shape index (κ3) is 3.93. The van der Waals surface area contributed by atoms with Crippen LogP contribution in [0.4, 0.5) is 0 Å². The molecule has 3 N–H and O–H groups in total. The monoisotopic (exact) mass is 300 g/mol. The zero-order valence-electron chi connectivity index (χ0n) is 12.6. The summed E-state index contributed by atoms with van der Waals surface area (Å²) < 4.78 is 0. The van der Waals surface area contributed by atoms with Gasteiger partial charge in [-0.2, -0.15) is 0 Å². The summed E-state index contributed by atoms with van der Waals surface area (Å²) in [4.78, 5) is 36.0. The lowest BCUT2D eigenvalue weighted by molar-refractivity contribution is -0.157. The number of aliphatic carboxylic acids is 2. The first-order valence-corrected chi connectivity index (χ1v) is 7.35. The molecule has 0 aromatic carbocycles. The van der Waals surface area contributed by atoms with E-state index >= 15 is 0 Å². The second-order valence-corrected chi connectivity index (χ2v) is 5.50. The van der Waals surface area contributed by atoms with Crippen LogP contribution >= 0.6 is 0 Å². The average molecular weight is 300 g/mol. The largest absolute Gasteiger partial charge is 0.480 e. The molecule has 1 heterocycles. The fourth-order valence-electron chi connectivity index (χ4n) is 2.86. The zero-order chi connectivity index (χ0) is 16.0. The topological polar surface area (TPSA) is 107 Å². The van der Waals surface area contributed by atoms with E-state index in [-0.39, 0.29) is 18.9 Å². The first kappa shape index (κ1) is 17.4. The minimum Gasteiger partial charge on any atom is -0.480 e. The van der Waals surface area contributed by atoms with E-state index in [4.69, 9.17) is 5.11 Å². The Morgan fingerprint density at radius 1 is 1.33 bits per heavy atom. The zero-order valence-corrected chi connectivity index (χ0v) is 12.6. The first-order valence-electron chi connectivity index (χ1n) is 7.35. The maximum absolute atomic E-state index is 12.3. The van der Waals surface area contributed by atoms with Crippen LogP contribution in [-0.2, 0) is 14.4 Å². The van der Waals surface area contributed by atoms with Gasteiger partial charge in [0.15, 0.2) is 0 Å². The molecule has 0 aromatic heterocycles. The minimum absolute atomic E-state index is 0.108. The summed E-state index contributed by atoms with van der Waals surface area (Å²) in [7, 11) is 0. The molecule has 7 nitrogen and oxygen atoms in total. The molecule has 1 saturated heterocycles. The molecule has 120 valence electrons. The highest BCUT2D eigenvalue weighted by Crippen LogP contribution is 2.34. The predicted molar refractivity (Wildman–Crippen MR) is 75.9 cm³/mol. The molecule has 0 saturated carbocycles. The molecule has 2 atom stereocenters. The van der Waals surface area contributed by atoms with Crippen LogP contribution in [0, 0.1) is 0 Å². The van der Waals surface area contributed by atoms with E-state index in [0.717, 1.165) is 0 Å². The van der Waals surface area contributed by atoms with Crippen LogP contribution in [0.15, 0.2) is 0 Å². The van der Waals surface area contributed by atoms with Gasteiger partial charge in [0, 0.05) is 19.5 Å². The van der Waals surface area contributed by atoms with E-state index in [2.05, 4.69) is 5.32 Å². The number of amides is 1. The van der Waals surface area contributed by atoms with Crippen LogP contribution in [0.25, 0.3) is 0 Å². The van der Waals surface area contributed by atoms with Gasteiger partial charge in [0.25, 0.3) is 0 Å². The van der Waals surface area contributed by atoms with Crippen molar-refractivity contribution in [3.63, 3.8) is 0 Å². The van der Waals surface area contributed by atoms with Crippen LogP contribution in [0.1, 0.15) is 46.0 Å². The van der Waals surface area contributed by atoms with Crippen molar-refractivity contribution in [2.45, 2.75) is 57.5 Å². The van der Waals surface area contributed by atoms with E-state index in [0.29, 0.717) is 32.2 Å². The first-order chi connectivity index (χ1) is 9.85. The van der Waals surface area contributed by atoms with E-state index < -0.39 is 23.5 Å². The van der Waals surface area contributed by atoms with Crippen molar-refractivity contribution in [2.24, 2.45) is 0 Å². The SMILES string of the molecule is CCC[C@@]1(C(=O)O)CCCN1C(=O)CCNC(C)C(=O)O. The number of hydrogen-bond donors (Lipinski definition) is 3. The molecule has 1 aliphatic rings. The van der Waals surface area contributed by atoms with E-state index in [1.165, 1.54) is 11.8 Å². The van der Waals surface area contributed by atoms with Crippen LogP contribution in [0.3, 0.4) is 0 Å². The van der Waals surface area contributed by atoms with Gasteiger partial charge in [-0.25, -0.2) is 4.79 Å². The lowest BCUT2D eigenvalue weighted by atomic mass is 9.90. The maximum Gasteiger partial charge on any atom is 0.329 e. The molecular weight excluding hydrogens is 276 g/mol. The van der Waals surface area contributed by atoms with Crippen molar-refractivity contribution in [1.82, 2.24) is 10.2 Å². The third-order valence-electron chi connectivity index (χ3n) is 4.01. The lowest BCUT2D eigenvalue weighted by Gasteiger charge is -2.34. The van der Waals surface area contributed by atoms with Crippen molar-refractivity contribution < 1.29 is 24.6 Å². The second kappa shape index (κ2) is 7.40. The predicted octanol–water partition coefficient (Wildman–Crippen LogP) is 0.685. The molecule has 0 aromatic rings. The number of carboxylic acid groups (broad SMARTS) is 2. The van der Waals surface area contributed by atoms with Gasteiger partial charge in [0.1, 0.15) is 11.6 Å². The summed E-state index contributed by atoms with van der Waals surface area (Å²) in [6.45, 7) is 4.09. The summed E-state index contributed by atoms with van der Waals surface area (Å²) in [6, 6.07) is -0.726. The summed E-state index contributed by atoms with van der Waals surface area (Å²) in [5.41, 5.74) is -1.08. The molecule has 1 amide bonds. The van der Waals surface area contributed by atoms with Crippen molar-refractivity contribution in [3.05, 3.63) is 0 Å². The maximum atomic E-state index is 12.3. The van der Waals surface area contributed by atoms with Crippen LogP contribution < -0.4 is 5.32 Å². The number of nitrogens with zero attached hydrogens (tertiary/aromatic N) is 1. The van der Waals surface area contributed by atoms with Gasteiger partial charge in [-0.1, -0.05) is 13.3 Å². The van der Waals surface area contributed by atoms with Crippen molar-refractivity contribution in [3.8, 4) is 0 Å². The Morgan fingerprint density at radius 3 is 2.52 bits per heavy atom. The number of hydrogen-bond acceptors (Lipinski definition) is 4. The molecule has 0 bridgehead atoms. The fraction of sp³-hybridized carbons (Fsp3) is 0.786. The number of carbonyl (C=O) groups excluding carboxylic acids is 1. The molecule has 21 heavy (non-hydrogen) atoms. The quantitative estimate of drug-likeness (QED) is 0.608. The van der Waals surface area contributed by atoms with Gasteiger partial charge < -0.3 is 20.4 Å². The lowest BCUT2D eigenvalue weighted by Crippen LogP contribution is -2.53. The van der Waals surface area contributed by atoms with Crippen molar-refractivity contribution >= 4 is 17.8 Å². The van der Waals surface area contributed by atoms with Gasteiger partial charge in [0.05, 0.1) is 0 Å². The molecule has 1 rings (SSSR count). The van der Waals surface area contributed by atoms with Gasteiger partial charge in [-0.3, -0.25) is 9.59 Å². The Kier molecular flexibility index (Phi) is 6.14. The molecule has 1 unspecified atom stereocenters. The van der Waals surface area contributed by atoms with Crippen LogP contribution in [-0.4, -0.2) is 57.6 Å². The highest BCUT2D eigenvalue weighted by molar-refractivity contribution is 5.88. The Hall–Kier alpha value is -1.63. The van der Waals surface area contributed by atoms with Gasteiger partial charge in [0.2, 0.25) is 5.91 Å². The Balaban J connectivity index is 2.63. The molecule has 1 fully saturated rings. The number of likely N-dealkylation sites (tertiary alicyclic amines) is 1. The number of rotatable bonds is 8. The Bertz CT molecular complexity index is 412. The summed E-state index contributed by atoms with van der Waals surface area (Å²) in [5.74, 6) is -2.15. The van der Waals surface area contributed by atoms with E-state index in [1.807, 2.05) is 6.92 Å². The average Bonchev–Trinajstić information content (AvgIpc) is 2.83. The third-order valence-corrected chi connectivity index (χ3v) is 4.01. The normalized spacial score (nSPS) is 23.0. The standard InChI is InChI=1S/C14H24N2O5/c1-3-6-14(13(20)21)7-4-9-16(14)11(17)5-8-15-10(2)12(18)19/h10,15H,3-9H2,1-2H3,(H,18,19)(H,20,21)/t10?,14-/m0/s1. The van der Waals surface area contributed by atoms with E-state index in [9.17, 15) is 19.5 Å². The van der Waals surface area contributed by atoms with Crippen LogP contribution in [0.2, 0.25) is 0 Å². The fourth-order valence-corrected chi connectivity index (χ4v) is 2.86. The van der Waals surface area contributed by atoms with Crippen LogP contribution in [0.5, 0.6) is 0 Å². The van der Waals surface area contributed by atoms with Gasteiger partial charge in [-0.15, -0.1) is 0 Å². The molecular formula is C14H24N2O5. The molecule has 0 spiro atoms. The number of carbonyl (C=O) groups is 3. The van der Waals surface area contributed by atoms with E-state index in [1.54, 1.807) is 0 Å². The summed E-state index contributed by atoms with van der Waals surface area (Å²) >= 11 is 0. The highest BCUT2D eigenvalue weighted by Gasteiger charge is 2.48. The van der Waals surface area contributed by atoms with Crippen molar-refractivity contribution in [2.75, 3.05) is 13.1 Å². The highest BCUT2D eigenvalue weighted by atomic mass is 16.4. The van der Waals surface area contributed by atoms with Crippen molar-refractivity contribution in [1.29, 1.82) is 0 Å². The minimum atomic E-state index is -1.08. The smallest absolute Gasteiger partial charge is 0.329 e. The molecule has 0 aliphatic carbocycles. The summed E-state index contributed by atoms with van der Waals surface area (Å²) in [5, 5.41) is 21.0. The molecule has 0 radical (unpaired) electrons. The summed E-state index contributed by atoms with van der Waals surface area (Å²) in [6.07, 6.45) is 2.44.